The van der Waals surface area contributed by atoms with Crippen molar-refractivity contribution in [3.05, 3.63) is 59.7 Å². The van der Waals surface area contributed by atoms with Gasteiger partial charge < -0.3 is 9.47 Å². The minimum absolute atomic E-state index is 0.325. The third-order valence-electron chi connectivity index (χ3n) is 3.78. The van der Waals surface area contributed by atoms with Crippen LogP contribution in [-0.4, -0.2) is 53.5 Å². The summed E-state index contributed by atoms with van der Waals surface area (Å²) < 4.78 is 34.8. The highest BCUT2D eigenvalue weighted by Gasteiger charge is 2.20. The Labute approximate surface area is 169 Å². The fourth-order valence-electron chi connectivity index (χ4n) is 2.32. The molecule has 0 spiro atoms. The number of nitrogens with zero attached hydrogens (tertiary/aromatic N) is 2. The first-order valence-electron chi connectivity index (χ1n) is 8.36. The van der Waals surface area contributed by atoms with E-state index >= 15 is 0 Å². The molecule has 2 aromatic carbocycles. The van der Waals surface area contributed by atoms with Crippen LogP contribution in [0.25, 0.3) is 0 Å². The highest BCUT2D eigenvalue weighted by Crippen LogP contribution is 2.21. The average molecular weight is 419 g/mol. The number of anilines is 1. The van der Waals surface area contributed by atoms with Crippen molar-refractivity contribution in [2.24, 2.45) is 5.10 Å². The number of esters is 1. The normalized spacial score (nSPS) is 11.1. The van der Waals surface area contributed by atoms with Crippen molar-refractivity contribution in [2.75, 3.05) is 31.3 Å². The van der Waals surface area contributed by atoms with E-state index in [9.17, 15) is 18.0 Å². The number of rotatable bonds is 8. The summed E-state index contributed by atoms with van der Waals surface area (Å²) in [5, 5.41) is 3.81. The van der Waals surface area contributed by atoms with E-state index in [0.29, 0.717) is 22.6 Å². The highest BCUT2D eigenvalue weighted by atomic mass is 32.2. The predicted octanol–water partition coefficient (Wildman–Crippen LogP) is 1.40. The molecule has 0 bridgehead atoms. The largest absolute Gasteiger partial charge is 0.497 e. The van der Waals surface area contributed by atoms with Crippen molar-refractivity contribution in [3.63, 3.8) is 0 Å². The molecule has 0 aliphatic carbocycles. The molecule has 9 nitrogen and oxygen atoms in total. The van der Waals surface area contributed by atoms with Gasteiger partial charge in [0.25, 0.3) is 5.91 Å². The second-order valence-corrected chi connectivity index (χ2v) is 7.78. The zero-order valence-electron chi connectivity index (χ0n) is 16.2. The molecule has 0 aliphatic rings. The Morgan fingerprint density at radius 1 is 1.07 bits per heavy atom. The van der Waals surface area contributed by atoms with E-state index in [-0.39, 0.29) is 0 Å². The molecule has 0 saturated carbocycles. The standard InChI is InChI=1S/C19H21N3O6S/c1-27-17-10-8-16(9-11-17)22(29(3,25)26)13-18(23)21-20-12-14-4-6-15(7-5-14)19(24)28-2/h4-12H,13H2,1-3H3,(H,21,23)/b20-12-. The van der Waals surface area contributed by atoms with Gasteiger partial charge >= 0.3 is 5.97 Å². The first-order chi connectivity index (χ1) is 13.7. The van der Waals surface area contributed by atoms with Crippen LogP contribution in [-0.2, 0) is 19.6 Å². The predicted molar refractivity (Wildman–Crippen MR) is 109 cm³/mol. The number of benzene rings is 2. The van der Waals surface area contributed by atoms with Crippen molar-refractivity contribution in [1.29, 1.82) is 0 Å². The van der Waals surface area contributed by atoms with E-state index in [1.165, 1.54) is 20.4 Å². The molecule has 0 saturated heterocycles. The van der Waals surface area contributed by atoms with Crippen LogP contribution in [0.4, 0.5) is 5.69 Å². The third-order valence-corrected chi connectivity index (χ3v) is 4.92. The molecular formula is C19H21N3O6S. The van der Waals surface area contributed by atoms with Crippen LogP contribution in [0.15, 0.2) is 53.6 Å². The van der Waals surface area contributed by atoms with Gasteiger partial charge in [-0.05, 0) is 42.0 Å². The molecule has 0 atom stereocenters. The second kappa shape index (κ2) is 9.69. The maximum atomic E-state index is 12.2. The van der Waals surface area contributed by atoms with E-state index in [4.69, 9.17) is 4.74 Å². The maximum absolute atomic E-state index is 12.2. The van der Waals surface area contributed by atoms with Crippen LogP contribution in [0.2, 0.25) is 0 Å². The summed E-state index contributed by atoms with van der Waals surface area (Å²) >= 11 is 0. The number of carbonyl (C=O) groups is 2. The van der Waals surface area contributed by atoms with Crippen molar-refractivity contribution in [2.45, 2.75) is 0 Å². The number of carbonyl (C=O) groups excluding carboxylic acids is 2. The lowest BCUT2D eigenvalue weighted by atomic mass is 10.1. The molecule has 2 rings (SSSR count). The molecule has 0 aromatic heterocycles. The average Bonchev–Trinajstić information content (AvgIpc) is 2.71. The fourth-order valence-corrected chi connectivity index (χ4v) is 3.17. The third kappa shape index (κ3) is 6.32. The molecule has 29 heavy (non-hydrogen) atoms. The summed E-state index contributed by atoms with van der Waals surface area (Å²) in [6.45, 7) is -0.441. The van der Waals surface area contributed by atoms with Crippen LogP contribution in [0, 0.1) is 0 Å². The summed E-state index contributed by atoms with van der Waals surface area (Å²) in [5.41, 5.74) is 3.63. The lowest BCUT2D eigenvalue weighted by Crippen LogP contribution is -2.39. The first-order valence-corrected chi connectivity index (χ1v) is 10.2. The molecule has 0 fully saturated rings. The van der Waals surface area contributed by atoms with Crippen LogP contribution in [0.5, 0.6) is 5.75 Å². The number of amides is 1. The molecular weight excluding hydrogens is 398 g/mol. The van der Waals surface area contributed by atoms with E-state index in [0.717, 1.165) is 10.6 Å². The Morgan fingerprint density at radius 3 is 2.21 bits per heavy atom. The van der Waals surface area contributed by atoms with Crippen LogP contribution in [0.3, 0.4) is 0 Å². The van der Waals surface area contributed by atoms with Crippen molar-refractivity contribution >= 4 is 33.8 Å². The first kappa shape index (κ1) is 21.9. The Hall–Kier alpha value is -3.40. The number of hydrazone groups is 1. The smallest absolute Gasteiger partial charge is 0.337 e. The minimum Gasteiger partial charge on any atom is -0.497 e. The minimum atomic E-state index is -3.69. The van der Waals surface area contributed by atoms with Gasteiger partial charge in [-0.1, -0.05) is 12.1 Å². The number of sulfonamides is 1. The summed E-state index contributed by atoms with van der Waals surface area (Å²) in [4.78, 5) is 23.5. The van der Waals surface area contributed by atoms with Crippen LogP contribution < -0.4 is 14.5 Å². The van der Waals surface area contributed by atoms with Crippen molar-refractivity contribution < 1.29 is 27.5 Å². The van der Waals surface area contributed by atoms with Gasteiger partial charge in [0.15, 0.2) is 0 Å². The van der Waals surface area contributed by atoms with Crippen LogP contribution >= 0.6 is 0 Å². The Bertz CT molecular complexity index is 986. The van der Waals surface area contributed by atoms with Gasteiger partial charge in [-0.3, -0.25) is 9.10 Å². The topological polar surface area (TPSA) is 114 Å². The molecule has 0 heterocycles. The summed E-state index contributed by atoms with van der Waals surface area (Å²) in [6, 6.07) is 12.7. The zero-order valence-corrected chi connectivity index (χ0v) is 17.0. The Morgan fingerprint density at radius 2 is 1.69 bits per heavy atom. The number of hydrogen-bond donors (Lipinski definition) is 1. The van der Waals surface area contributed by atoms with Crippen molar-refractivity contribution in [3.8, 4) is 5.75 Å². The zero-order chi connectivity index (χ0) is 21.4. The van der Waals surface area contributed by atoms with Gasteiger partial charge in [-0.2, -0.15) is 5.10 Å². The van der Waals surface area contributed by atoms with E-state index in [1.54, 1.807) is 48.5 Å². The molecule has 0 aliphatic heterocycles. The second-order valence-electron chi connectivity index (χ2n) is 5.87. The SMILES string of the molecule is COC(=O)c1ccc(/C=N\NC(=O)CN(c2ccc(OC)cc2)S(C)(=O)=O)cc1. The highest BCUT2D eigenvalue weighted by molar-refractivity contribution is 7.92. The monoisotopic (exact) mass is 419 g/mol. The van der Waals surface area contributed by atoms with Gasteiger partial charge in [0.2, 0.25) is 10.0 Å². The maximum Gasteiger partial charge on any atom is 0.337 e. The number of hydrogen-bond acceptors (Lipinski definition) is 7. The summed E-state index contributed by atoms with van der Waals surface area (Å²) in [5.74, 6) is -0.510. The summed E-state index contributed by atoms with van der Waals surface area (Å²) in [6.07, 6.45) is 2.38. The molecule has 1 N–H and O–H groups in total. The van der Waals surface area contributed by atoms with E-state index in [1.807, 2.05) is 0 Å². The fraction of sp³-hybridized carbons (Fsp3) is 0.211. The lowest BCUT2D eigenvalue weighted by Gasteiger charge is -2.21. The lowest BCUT2D eigenvalue weighted by molar-refractivity contribution is -0.119. The van der Waals surface area contributed by atoms with E-state index in [2.05, 4.69) is 15.3 Å². The number of ether oxygens (including phenoxy) is 2. The van der Waals surface area contributed by atoms with Gasteiger partial charge in [0, 0.05) is 0 Å². The van der Waals surface area contributed by atoms with Crippen molar-refractivity contribution in [1.82, 2.24) is 5.43 Å². The van der Waals surface area contributed by atoms with Gasteiger partial charge in [0.05, 0.1) is 37.9 Å². The van der Waals surface area contributed by atoms with Gasteiger partial charge in [-0.15, -0.1) is 0 Å². The number of nitrogens with one attached hydrogen (secondary N) is 1. The van der Waals surface area contributed by atoms with Gasteiger partial charge in [0.1, 0.15) is 12.3 Å². The molecule has 10 heteroatoms. The molecule has 0 unspecified atom stereocenters. The Kier molecular flexibility index (Phi) is 7.32. The molecule has 1 amide bonds. The number of methoxy groups -OCH3 is 2. The van der Waals surface area contributed by atoms with E-state index < -0.39 is 28.4 Å². The van der Waals surface area contributed by atoms with Gasteiger partial charge in [-0.25, -0.2) is 18.6 Å². The molecule has 2 aromatic rings. The summed E-state index contributed by atoms with van der Waals surface area (Å²) in [7, 11) is -0.901. The quantitative estimate of drug-likeness (QED) is 0.393. The van der Waals surface area contributed by atoms with Crippen LogP contribution in [0.1, 0.15) is 15.9 Å². The molecule has 154 valence electrons. The molecule has 0 radical (unpaired) electrons. The Balaban J connectivity index is 2.02.